The molecule has 148 valence electrons. The lowest BCUT2D eigenvalue weighted by atomic mass is 10.1. The minimum atomic E-state index is -0.136. The number of nitrogens with zero attached hydrogens (tertiary/aromatic N) is 4. The molecule has 0 saturated carbocycles. The van der Waals surface area contributed by atoms with Crippen LogP contribution in [0, 0.1) is 6.92 Å². The van der Waals surface area contributed by atoms with Gasteiger partial charge in [-0.15, -0.1) is 0 Å². The summed E-state index contributed by atoms with van der Waals surface area (Å²) in [5.74, 6) is 0.899. The fourth-order valence-electron chi connectivity index (χ4n) is 3.65. The largest absolute Gasteiger partial charge is 0.356 e. The zero-order chi connectivity index (χ0) is 20.1. The maximum Gasteiger partial charge on any atom is 0.244 e. The van der Waals surface area contributed by atoms with E-state index in [1.807, 2.05) is 60.1 Å². The van der Waals surface area contributed by atoms with Crippen LogP contribution in [0.1, 0.15) is 29.7 Å². The number of hydrogen-bond donors (Lipinski definition) is 1. The summed E-state index contributed by atoms with van der Waals surface area (Å²) in [7, 11) is 0. The molecule has 1 aromatic heterocycles. The highest BCUT2D eigenvalue weighted by molar-refractivity contribution is 5.90. The van der Waals surface area contributed by atoms with E-state index in [0.717, 1.165) is 41.4 Å². The van der Waals surface area contributed by atoms with Crippen molar-refractivity contribution in [1.82, 2.24) is 15.2 Å². The first-order valence-electron chi connectivity index (χ1n) is 9.98. The fourth-order valence-corrected chi connectivity index (χ4v) is 3.65. The molecule has 1 aliphatic heterocycles. The van der Waals surface area contributed by atoms with Crippen LogP contribution < -0.4 is 10.3 Å². The summed E-state index contributed by atoms with van der Waals surface area (Å²) in [6.45, 7) is 3.98. The van der Waals surface area contributed by atoms with Crippen LogP contribution in [-0.2, 0) is 11.2 Å². The summed E-state index contributed by atoms with van der Waals surface area (Å²) in [5.41, 5.74) is 6.46. The summed E-state index contributed by atoms with van der Waals surface area (Å²) in [6.07, 6.45) is 4.37. The molecule has 2 heterocycles. The Bertz CT molecular complexity index is 989. The number of nitrogens with one attached hydrogen (secondary N) is 1. The summed E-state index contributed by atoms with van der Waals surface area (Å²) in [5, 5.41) is 9.00. The van der Waals surface area contributed by atoms with Crippen molar-refractivity contribution in [2.24, 2.45) is 5.10 Å². The summed E-state index contributed by atoms with van der Waals surface area (Å²) >= 11 is 0. The molecule has 2 aromatic carbocycles. The number of carbonyl (C=O) groups excluding carboxylic acids is 1. The number of hydrogen-bond acceptors (Lipinski definition) is 4. The van der Waals surface area contributed by atoms with Crippen molar-refractivity contribution in [1.29, 1.82) is 0 Å². The van der Waals surface area contributed by atoms with Gasteiger partial charge in [0.15, 0.2) is 0 Å². The van der Waals surface area contributed by atoms with Crippen LogP contribution >= 0.6 is 0 Å². The number of aryl methyl sites for hydroxylation is 1. The number of anilines is 1. The Morgan fingerprint density at radius 1 is 1.07 bits per heavy atom. The van der Waals surface area contributed by atoms with Gasteiger partial charge < -0.3 is 4.90 Å². The molecule has 3 aromatic rings. The molecular weight excluding hydrogens is 362 g/mol. The number of para-hydroxylation sites is 1. The predicted molar refractivity (Wildman–Crippen MR) is 116 cm³/mol. The van der Waals surface area contributed by atoms with Crippen LogP contribution in [0.4, 0.5) is 5.82 Å². The lowest BCUT2D eigenvalue weighted by Crippen LogP contribution is -2.23. The SMILES string of the molecule is Cc1nn(-c2ccccc2)c(N2CCCC2)c1/C=N/NC(=O)Cc1ccccc1. The van der Waals surface area contributed by atoms with Gasteiger partial charge in [0.25, 0.3) is 0 Å². The summed E-state index contributed by atoms with van der Waals surface area (Å²) in [6, 6.07) is 19.8. The quantitative estimate of drug-likeness (QED) is 0.520. The Morgan fingerprint density at radius 2 is 1.72 bits per heavy atom. The number of rotatable bonds is 6. The molecule has 6 nitrogen and oxygen atoms in total. The van der Waals surface area contributed by atoms with E-state index in [1.54, 1.807) is 6.21 Å². The first-order chi connectivity index (χ1) is 14.2. The zero-order valence-corrected chi connectivity index (χ0v) is 16.6. The molecule has 29 heavy (non-hydrogen) atoms. The smallest absolute Gasteiger partial charge is 0.244 e. The zero-order valence-electron chi connectivity index (χ0n) is 16.6. The average molecular weight is 387 g/mol. The molecule has 0 bridgehead atoms. The Labute approximate surface area is 170 Å². The second-order valence-corrected chi connectivity index (χ2v) is 7.22. The van der Waals surface area contributed by atoms with Crippen molar-refractivity contribution < 1.29 is 4.79 Å². The maximum atomic E-state index is 12.2. The Morgan fingerprint density at radius 3 is 2.41 bits per heavy atom. The normalized spacial score (nSPS) is 13.9. The molecule has 1 N–H and O–H groups in total. The van der Waals surface area contributed by atoms with E-state index in [1.165, 1.54) is 12.8 Å². The van der Waals surface area contributed by atoms with Crippen molar-refractivity contribution >= 4 is 17.9 Å². The van der Waals surface area contributed by atoms with Gasteiger partial charge in [-0.05, 0) is 37.5 Å². The standard InChI is InChI=1S/C23H25N5O/c1-18-21(17-24-25-22(29)16-19-10-4-2-5-11-19)23(27-14-8-9-15-27)28(26-18)20-12-6-3-7-13-20/h2-7,10-13,17H,8-9,14-16H2,1H3,(H,25,29)/b24-17+. The van der Waals surface area contributed by atoms with Gasteiger partial charge in [0.05, 0.1) is 29.6 Å². The molecule has 1 aliphatic rings. The molecule has 1 fully saturated rings. The fraction of sp³-hybridized carbons (Fsp3) is 0.261. The van der Waals surface area contributed by atoms with Crippen LogP contribution in [-0.4, -0.2) is 35.0 Å². The Hall–Kier alpha value is -3.41. The number of aromatic nitrogens is 2. The molecule has 0 unspecified atom stereocenters. The van der Waals surface area contributed by atoms with Crippen LogP contribution in [0.3, 0.4) is 0 Å². The lowest BCUT2D eigenvalue weighted by molar-refractivity contribution is -0.120. The van der Waals surface area contributed by atoms with E-state index in [9.17, 15) is 4.79 Å². The molecule has 0 aliphatic carbocycles. The van der Waals surface area contributed by atoms with Crippen molar-refractivity contribution in [2.45, 2.75) is 26.2 Å². The highest BCUT2D eigenvalue weighted by atomic mass is 16.2. The number of benzene rings is 2. The van der Waals surface area contributed by atoms with Crippen LogP contribution in [0.15, 0.2) is 65.8 Å². The van der Waals surface area contributed by atoms with E-state index in [2.05, 4.69) is 27.6 Å². The molecule has 4 rings (SSSR count). The van der Waals surface area contributed by atoms with Crippen LogP contribution in [0.25, 0.3) is 5.69 Å². The minimum absolute atomic E-state index is 0.136. The third-order valence-corrected chi connectivity index (χ3v) is 5.08. The first kappa shape index (κ1) is 18.9. The molecular formula is C23H25N5O. The number of amides is 1. The third-order valence-electron chi connectivity index (χ3n) is 5.08. The summed E-state index contributed by atoms with van der Waals surface area (Å²) < 4.78 is 1.98. The highest BCUT2D eigenvalue weighted by Crippen LogP contribution is 2.28. The molecule has 0 radical (unpaired) electrons. The van der Waals surface area contributed by atoms with Crippen molar-refractivity contribution in [3.05, 3.63) is 77.5 Å². The van der Waals surface area contributed by atoms with E-state index < -0.39 is 0 Å². The van der Waals surface area contributed by atoms with Crippen LogP contribution in [0.2, 0.25) is 0 Å². The molecule has 1 amide bonds. The van der Waals surface area contributed by atoms with Gasteiger partial charge >= 0.3 is 0 Å². The summed E-state index contributed by atoms with van der Waals surface area (Å²) in [4.78, 5) is 14.5. The van der Waals surface area contributed by atoms with Gasteiger partial charge in [-0.3, -0.25) is 4.79 Å². The molecule has 1 saturated heterocycles. The van der Waals surface area contributed by atoms with Gasteiger partial charge in [0, 0.05) is 13.1 Å². The minimum Gasteiger partial charge on any atom is -0.356 e. The maximum absolute atomic E-state index is 12.2. The monoisotopic (exact) mass is 387 g/mol. The highest BCUT2D eigenvalue weighted by Gasteiger charge is 2.23. The second-order valence-electron chi connectivity index (χ2n) is 7.22. The van der Waals surface area contributed by atoms with E-state index in [-0.39, 0.29) is 5.91 Å². The third kappa shape index (κ3) is 4.37. The van der Waals surface area contributed by atoms with Gasteiger partial charge in [-0.2, -0.15) is 10.2 Å². The Kier molecular flexibility index (Phi) is 5.70. The van der Waals surface area contributed by atoms with Gasteiger partial charge in [-0.1, -0.05) is 48.5 Å². The molecule has 0 spiro atoms. The molecule has 6 heteroatoms. The first-order valence-corrected chi connectivity index (χ1v) is 9.98. The van der Waals surface area contributed by atoms with Crippen LogP contribution in [0.5, 0.6) is 0 Å². The number of hydrazone groups is 1. The lowest BCUT2D eigenvalue weighted by Gasteiger charge is -2.20. The van der Waals surface area contributed by atoms with Crippen molar-refractivity contribution in [3.8, 4) is 5.69 Å². The van der Waals surface area contributed by atoms with Gasteiger partial charge in [-0.25, -0.2) is 10.1 Å². The van der Waals surface area contributed by atoms with E-state index in [0.29, 0.717) is 6.42 Å². The Balaban J connectivity index is 1.57. The topological polar surface area (TPSA) is 62.5 Å². The van der Waals surface area contributed by atoms with E-state index >= 15 is 0 Å². The average Bonchev–Trinajstić information content (AvgIpc) is 3.38. The van der Waals surface area contributed by atoms with Crippen molar-refractivity contribution in [3.63, 3.8) is 0 Å². The number of carbonyl (C=O) groups is 1. The van der Waals surface area contributed by atoms with Gasteiger partial charge in [0.2, 0.25) is 5.91 Å². The van der Waals surface area contributed by atoms with Crippen molar-refractivity contribution in [2.75, 3.05) is 18.0 Å². The van der Waals surface area contributed by atoms with Gasteiger partial charge in [0.1, 0.15) is 5.82 Å². The second kappa shape index (κ2) is 8.73. The molecule has 0 atom stereocenters. The predicted octanol–water partition coefficient (Wildman–Crippen LogP) is 3.47. The van der Waals surface area contributed by atoms with E-state index in [4.69, 9.17) is 5.10 Å².